The molecule has 1 nitrogen and oxygen atoms in total. The molecule has 0 aliphatic carbocycles. The molecule has 0 amide bonds. The first-order chi connectivity index (χ1) is 5.79. The van der Waals surface area contributed by atoms with Crippen LogP contribution in [0, 0.1) is 5.92 Å². The molecule has 0 aromatic heterocycles. The molecule has 0 spiro atoms. The van der Waals surface area contributed by atoms with Crippen LogP contribution in [0.4, 0.5) is 0 Å². The van der Waals surface area contributed by atoms with Crippen LogP contribution in [0.2, 0.25) is 10.6 Å². The molecule has 0 atom stereocenters. The van der Waals surface area contributed by atoms with E-state index in [9.17, 15) is 0 Å². The van der Waals surface area contributed by atoms with E-state index in [0.717, 1.165) is 12.5 Å². The molecule has 0 aromatic rings. The molecule has 0 bridgehead atoms. The Morgan fingerprint density at radius 3 is 2.75 bits per heavy atom. The largest absolute Gasteiger partial charge is 0.501 e. The Hall–Kier alpha value is 0.492. The molecule has 0 unspecified atom stereocenters. The van der Waals surface area contributed by atoms with Gasteiger partial charge in [0.25, 0.3) is 0 Å². The van der Waals surface area contributed by atoms with E-state index in [1.807, 2.05) is 0 Å². The summed E-state index contributed by atoms with van der Waals surface area (Å²) < 4.78 is 5.80. The lowest BCUT2D eigenvalue weighted by molar-refractivity contribution is 0.285. The minimum absolute atomic E-state index is 0.685. The molecule has 0 aromatic carbocycles. The van der Waals surface area contributed by atoms with Gasteiger partial charge in [-0.3, -0.25) is 0 Å². The Morgan fingerprint density at radius 1 is 1.33 bits per heavy atom. The quantitative estimate of drug-likeness (QED) is 0.609. The molecular weight excluding hydrogens is 163 g/mol. The summed E-state index contributed by atoms with van der Waals surface area (Å²) in [6.45, 7) is 5.69. The van der Waals surface area contributed by atoms with Crippen LogP contribution >= 0.6 is 0 Å². The van der Waals surface area contributed by atoms with Crippen molar-refractivity contribution in [2.24, 2.45) is 5.92 Å². The molecule has 0 radical (unpaired) electrons. The molecule has 2 heteroatoms. The Kier molecular flexibility index (Phi) is 5.31. The van der Waals surface area contributed by atoms with Gasteiger partial charge in [-0.2, -0.15) is 0 Å². The number of rotatable bonds is 4. The first kappa shape index (κ1) is 10.6. The van der Waals surface area contributed by atoms with Gasteiger partial charge in [0.05, 0.1) is 0 Å². The number of hydrogen-bond acceptors (Lipinski definition) is 1. The summed E-state index contributed by atoms with van der Waals surface area (Å²) in [4.78, 5) is 0. The second-order valence-electron chi connectivity index (χ2n) is 4.31. The summed E-state index contributed by atoms with van der Waals surface area (Å²) in [6, 6.07) is 0. The van der Waals surface area contributed by atoms with E-state index in [4.69, 9.17) is 3.79 Å². The minimum Gasteiger partial charge on any atom is -0.501 e. The van der Waals surface area contributed by atoms with Crippen molar-refractivity contribution < 1.29 is 3.79 Å². The van der Waals surface area contributed by atoms with Gasteiger partial charge in [-0.25, -0.2) is 0 Å². The van der Waals surface area contributed by atoms with Crippen molar-refractivity contribution in [3.05, 3.63) is 0 Å². The monoisotopic (exact) mass is 184 g/mol. The highest BCUT2D eigenvalue weighted by Gasteiger charge is 2.22. The normalized spacial score (nSPS) is 18.8. The third-order valence-electron chi connectivity index (χ3n) is 2.58. The third-order valence-corrected chi connectivity index (χ3v) is 5.39. The predicted octanol–water partition coefficient (Wildman–Crippen LogP) is 3.22. The highest BCUT2D eigenvalue weighted by molar-refractivity contribution is 6.51. The first-order valence-electron chi connectivity index (χ1n) is 5.40. The van der Waals surface area contributed by atoms with Crippen LogP contribution in [0.5, 0.6) is 0 Å². The molecule has 0 N–H and O–H groups in total. The van der Waals surface area contributed by atoms with Crippen molar-refractivity contribution in [1.29, 1.82) is 0 Å². The van der Waals surface area contributed by atoms with Crippen molar-refractivity contribution >= 4 is 14.5 Å². The van der Waals surface area contributed by atoms with Gasteiger partial charge in [0, 0.05) is 6.61 Å². The molecule has 1 heterocycles. The number of hydrogen-bond donors (Lipinski definition) is 0. The fraction of sp³-hybridized carbons (Fsp3) is 1.00. The Balaban J connectivity index is 1.98. The van der Waals surface area contributed by atoms with Gasteiger partial charge in [-0.15, -0.1) is 0 Å². The zero-order valence-corrected chi connectivity index (χ0v) is 9.67. The predicted molar refractivity (Wildman–Crippen MR) is 54.6 cm³/mol. The van der Waals surface area contributed by atoms with Crippen molar-refractivity contribution in [1.82, 2.24) is 0 Å². The lowest BCUT2D eigenvalue weighted by Gasteiger charge is -2.18. The molecule has 1 saturated heterocycles. The zero-order valence-electron chi connectivity index (χ0n) is 8.51. The fourth-order valence-electron chi connectivity index (χ4n) is 1.79. The first-order valence-corrected chi connectivity index (χ1v) is 7.51. The Morgan fingerprint density at radius 2 is 2.17 bits per heavy atom. The molecule has 12 heavy (non-hydrogen) atoms. The highest BCUT2D eigenvalue weighted by Crippen LogP contribution is 2.17. The summed E-state index contributed by atoms with van der Waals surface area (Å²) in [5.74, 6) is 0.877. The maximum atomic E-state index is 5.80. The van der Waals surface area contributed by atoms with Gasteiger partial charge >= 0.3 is 14.5 Å². The molecule has 0 saturated carbocycles. The summed E-state index contributed by atoms with van der Waals surface area (Å²) in [6.07, 6.45) is 5.56. The van der Waals surface area contributed by atoms with Crippen molar-refractivity contribution in [3.63, 3.8) is 0 Å². The van der Waals surface area contributed by atoms with E-state index in [1.54, 1.807) is 0 Å². The highest BCUT2D eigenvalue weighted by atomic mass is 27.2. The maximum Gasteiger partial charge on any atom is 0.460 e. The third kappa shape index (κ3) is 4.50. The summed E-state index contributed by atoms with van der Waals surface area (Å²) >= 11 is -0.685. The molecule has 1 fully saturated rings. The summed E-state index contributed by atoms with van der Waals surface area (Å²) in [5.41, 5.74) is 0. The average Bonchev–Trinajstić information content (AvgIpc) is 2.05. The van der Waals surface area contributed by atoms with Crippen LogP contribution in [0.1, 0.15) is 39.5 Å². The van der Waals surface area contributed by atoms with E-state index in [-0.39, 0.29) is 0 Å². The molecular formula is C10H21AlO. The lowest BCUT2D eigenvalue weighted by atomic mass is 10.1. The second-order valence-corrected chi connectivity index (χ2v) is 7.05. The SMILES string of the molecule is CC(C)CC[CH2][Al]1[CH2]CCC[O]1. The van der Waals surface area contributed by atoms with Crippen LogP contribution in [-0.2, 0) is 3.79 Å². The lowest BCUT2D eigenvalue weighted by Crippen LogP contribution is -2.22. The Labute approximate surface area is 81.2 Å². The van der Waals surface area contributed by atoms with Crippen LogP contribution < -0.4 is 0 Å². The summed E-state index contributed by atoms with van der Waals surface area (Å²) in [7, 11) is 0. The van der Waals surface area contributed by atoms with Crippen LogP contribution in [0.25, 0.3) is 0 Å². The molecule has 1 aliphatic heterocycles. The maximum absolute atomic E-state index is 5.80. The van der Waals surface area contributed by atoms with Crippen LogP contribution in [0.15, 0.2) is 0 Å². The van der Waals surface area contributed by atoms with Gasteiger partial charge in [0.15, 0.2) is 0 Å². The van der Waals surface area contributed by atoms with Crippen molar-refractivity contribution in [3.8, 4) is 0 Å². The van der Waals surface area contributed by atoms with Crippen LogP contribution in [0.3, 0.4) is 0 Å². The fourth-order valence-corrected chi connectivity index (χ4v) is 4.35. The smallest absolute Gasteiger partial charge is 0.460 e. The van der Waals surface area contributed by atoms with E-state index in [2.05, 4.69) is 13.8 Å². The van der Waals surface area contributed by atoms with E-state index in [0.29, 0.717) is 0 Å². The average molecular weight is 184 g/mol. The van der Waals surface area contributed by atoms with E-state index >= 15 is 0 Å². The van der Waals surface area contributed by atoms with Gasteiger partial charge in [0.2, 0.25) is 0 Å². The van der Waals surface area contributed by atoms with E-state index < -0.39 is 14.5 Å². The van der Waals surface area contributed by atoms with Gasteiger partial charge in [-0.05, 0) is 12.3 Å². The van der Waals surface area contributed by atoms with Crippen molar-refractivity contribution in [2.45, 2.75) is 50.1 Å². The van der Waals surface area contributed by atoms with E-state index in [1.165, 1.54) is 36.2 Å². The standard InChI is InChI=1S/C6H13.C4H8O.Al/c1-4-5-6(2)3;1-2-3-4-5;/h6H,1,4-5H2,2-3H3;1-4H2;/q;-1;+1. The molecule has 1 aliphatic rings. The minimum atomic E-state index is -0.685. The Bertz CT molecular complexity index is 108. The summed E-state index contributed by atoms with van der Waals surface area (Å²) in [5, 5.41) is 2.87. The topological polar surface area (TPSA) is 9.23 Å². The van der Waals surface area contributed by atoms with Crippen molar-refractivity contribution in [2.75, 3.05) is 6.61 Å². The van der Waals surface area contributed by atoms with Gasteiger partial charge < -0.3 is 3.79 Å². The zero-order chi connectivity index (χ0) is 8.81. The van der Waals surface area contributed by atoms with Gasteiger partial charge in [0.1, 0.15) is 0 Å². The van der Waals surface area contributed by atoms with Gasteiger partial charge in [-0.1, -0.05) is 43.7 Å². The second kappa shape index (κ2) is 6.02. The molecule has 70 valence electrons. The molecule has 1 rings (SSSR count). The van der Waals surface area contributed by atoms with Crippen LogP contribution in [-0.4, -0.2) is 21.1 Å².